The van der Waals surface area contributed by atoms with Crippen LogP contribution in [-0.4, -0.2) is 31.6 Å². The van der Waals surface area contributed by atoms with Crippen molar-refractivity contribution in [1.29, 1.82) is 0 Å². The highest BCUT2D eigenvalue weighted by Crippen LogP contribution is 2.21. The zero-order valence-electron chi connectivity index (χ0n) is 12.0. The predicted molar refractivity (Wildman–Crippen MR) is 87.3 cm³/mol. The zero-order valence-corrected chi connectivity index (χ0v) is 12.8. The van der Waals surface area contributed by atoms with Gasteiger partial charge in [-0.15, -0.1) is 0 Å². The summed E-state index contributed by atoms with van der Waals surface area (Å²) in [7, 11) is 1.62. The maximum atomic E-state index is 12.9. The van der Waals surface area contributed by atoms with Crippen LogP contribution in [0.15, 0.2) is 45.9 Å². The smallest absolute Gasteiger partial charge is 0.187 e. The number of rotatable bonds is 6. The Labute approximate surface area is 133 Å². The van der Waals surface area contributed by atoms with Crippen molar-refractivity contribution in [1.82, 2.24) is 10.7 Å². The van der Waals surface area contributed by atoms with Crippen LogP contribution in [0.4, 0.5) is 4.39 Å². The van der Waals surface area contributed by atoms with Gasteiger partial charge in [0.05, 0.1) is 12.8 Å². The molecule has 2 rings (SSSR count). The summed E-state index contributed by atoms with van der Waals surface area (Å²) in [5.74, 6) is 0.921. The van der Waals surface area contributed by atoms with E-state index >= 15 is 0 Å². The lowest BCUT2D eigenvalue weighted by Crippen LogP contribution is -2.34. The largest absolute Gasteiger partial charge is 0.455 e. The summed E-state index contributed by atoms with van der Waals surface area (Å²) in [5, 5.41) is 7.29. The Hall–Kier alpha value is -2.25. The molecule has 0 spiro atoms. The zero-order chi connectivity index (χ0) is 15.8. The molecule has 1 aromatic heterocycles. The fraction of sp³-hybridized carbons (Fsp3) is 0.200. The van der Waals surface area contributed by atoms with E-state index in [0.29, 0.717) is 29.8 Å². The lowest BCUT2D eigenvalue weighted by Gasteiger charge is -2.05. The molecule has 0 atom stereocenters. The highest BCUT2D eigenvalue weighted by molar-refractivity contribution is 7.80. The summed E-state index contributed by atoms with van der Waals surface area (Å²) in [5.41, 5.74) is 3.47. The van der Waals surface area contributed by atoms with Crippen molar-refractivity contribution in [2.24, 2.45) is 5.10 Å². The van der Waals surface area contributed by atoms with Crippen LogP contribution in [0.3, 0.4) is 0 Å². The van der Waals surface area contributed by atoms with Crippen molar-refractivity contribution in [2.45, 2.75) is 0 Å². The molecular weight excluding hydrogens is 305 g/mol. The molecule has 1 aromatic carbocycles. The molecule has 2 N–H and O–H groups in total. The van der Waals surface area contributed by atoms with Gasteiger partial charge in [-0.05, 0) is 48.6 Å². The first kappa shape index (κ1) is 16.1. The number of hydrogen-bond acceptors (Lipinski definition) is 4. The maximum Gasteiger partial charge on any atom is 0.187 e. The van der Waals surface area contributed by atoms with Gasteiger partial charge in [0.2, 0.25) is 0 Å². The van der Waals surface area contributed by atoms with E-state index in [0.717, 1.165) is 5.56 Å². The van der Waals surface area contributed by atoms with Crippen molar-refractivity contribution < 1.29 is 13.5 Å². The minimum atomic E-state index is -0.282. The van der Waals surface area contributed by atoms with Crippen LogP contribution in [0.5, 0.6) is 0 Å². The number of halogens is 1. The van der Waals surface area contributed by atoms with Gasteiger partial charge in [-0.2, -0.15) is 5.10 Å². The van der Waals surface area contributed by atoms with Crippen LogP contribution in [0.1, 0.15) is 5.76 Å². The normalized spacial score (nSPS) is 10.8. The second kappa shape index (κ2) is 8.26. The minimum Gasteiger partial charge on any atom is -0.455 e. The summed E-state index contributed by atoms with van der Waals surface area (Å²) >= 11 is 5.02. The number of methoxy groups -OCH3 is 1. The van der Waals surface area contributed by atoms with E-state index in [-0.39, 0.29) is 5.82 Å². The molecule has 7 heteroatoms. The van der Waals surface area contributed by atoms with Crippen LogP contribution in [-0.2, 0) is 4.74 Å². The van der Waals surface area contributed by atoms with Gasteiger partial charge in [-0.1, -0.05) is 0 Å². The lowest BCUT2D eigenvalue weighted by molar-refractivity contribution is 0.204. The average molecular weight is 321 g/mol. The molecular formula is C15H16FN3O2S. The lowest BCUT2D eigenvalue weighted by atomic mass is 10.2. The first-order valence-corrected chi connectivity index (χ1v) is 7.01. The molecule has 0 aliphatic heterocycles. The number of nitrogens with one attached hydrogen (secondary N) is 2. The van der Waals surface area contributed by atoms with Crippen molar-refractivity contribution in [3.8, 4) is 11.3 Å². The van der Waals surface area contributed by atoms with Gasteiger partial charge < -0.3 is 14.5 Å². The monoisotopic (exact) mass is 321 g/mol. The summed E-state index contributed by atoms with van der Waals surface area (Å²) in [6.45, 7) is 1.16. The van der Waals surface area contributed by atoms with E-state index in [1.54, 1.807) is 31.4 Å². The standard InChI is InChI=1S/C15H16FN3O2S/c1-20-9-8-17-15(22)19-18-10-13-6-7-14(21-13)11-2-4-12(16)5-3-11/h2-7,10H,8-9H2,1H3,(H2,17,19,22)/b18-10-. The van der Waals surface area contributed by atoms with Crippen LogP contribution in [0, 0.1) is 5.82 Å². The second-order valence-electron chi connectivity index (χ2n) is 4.33. The van der Waals surface area contributed by atoms with E-state index < -0.39 is 0 Å². The van der Waals surface area contributed by atoms with Gasteiger partial charge in [-0.3, -0.25) is 5.43 Å². The summed E-state index contributed by atoms with van der Waals surface area (Å²) in [4.78, 5) is 0. The fourth-order valence-corrected chi connectivity index (χ4v) is 1.81. The summed E-state index contributed by atoms with van der Waals surface area (Å²) in [6, 6.07) is 9.65. The summed E-state index contributed by atoms with van der Waals surface area (Å²) < 4.78 is 23.4. The van der Waals surface area contributed by atoms with Crippen LogP contribution in [0.2, 0.25) is 0 Å². The molecule has 0 bridgehead atoms. The Morgan fingerprint density at radius 2 is 2.09 bits per heavy atom. The Bertz CT molecular complexity index is 640. The molecule has 22 heavy (non-hydrogen) atoms. The van der Waals surface area contributed by atoms with E-state index in [1.165, 1.54) is 18.3 Å². The fourth-order valence-electron chi connectivity index (χ4n) is 1.65. The van der Waals surface area contributed by atoms with E-state index in [2.05, 4.69) is 15.8 Å². The van der Waals surface area contributed by atoms with Crippen molar-refractivity contribution >= 4 is 23.5 Å². The van der Waals surface area contributed by atoms with Gasteiger partial charge in [0.1, 0.15) is 17.3 Å². The number of benzene rings is 1. The molecule has 0 aliphatic rings. The molecule has 116 valence electrons. The molecule has 0 saturated carbocycles. The van der Waals surface area contributed by atoms with Gasteiger partial charge >= 0.3 is 0 Å². The summed E-state index contributed by atoms with van der Waals surface area (Å²) in [6.07, 6.45) is 1.51. The minimum absolute atomic E-state index is 0.282. The second-order valence-corrected chi connectivity index (χ2v) is 4.74. The SMILES string of the molecule is COCCNC(=S)N/N=C\c1ccc(-c2ccc(F)cc2)o1. The first-order valence-electron chi connectivity index (χ1n) is 6.60. The quantitative estimate of drug-likeness (QED) is 0.371. The van der Waals surface area contributed by atoms with Crippen LogP contribution in [0.25, 0.3) is 11.3 Å². The van der Waals surface area contributed by atoms with Crippen LogP contribution < -0.4 is 10.7 Å². The maximum absolute atomic E-state index is 12.9. The van der Waals surface area contributed by atoms with Crippen molar-refractivity contribution in [3.05, 3.63) is 48.0 Å². The number of hydrogen-bond donors (Lipinski definition) is 2. The molecule has 0 unspecified atom stereocenters. The van der Waals surface area contributed by atoms with Gasteiger partial charge in [0.25, 0.3) is 0 Å². The number of hydrazone groups is 1. The number of ether oxygens (including phenoxy) is 1. The Morgan fingerprint density at radius 3 is 2.82 bits per heavy atom. The third-order valence-electron chi connectivity index (χ3n) is 2.71. The number of thiocarbonyl (C=S) groups is 1. The van der Waals surface area contributed by atoms with Crippen LogP contribution >= 0.6 is 12.2 Å². The molecule has 0 aliphatic carbocycles. The first-order chi connectivity index (χ1) is 10.7. The van der Waals surface area contributed by atoms with Gasteiger partial charge in [0.15, 0.2) is 5.11 Å². The van der Waals surface area contributed by atoms with Gasteiger partial charge in [0, 0.05) is 19.2 Å². The van der Waals surface area contributed by atoms with Gasteiger partial charge in [-0.25, -0.2) is 4.39 Å². The molecule has 1 heterocycles. The average Bonchev–Trinajstić information content (AvgIpc) is 2.97. The number of nitrogens with zero attached hydrogens (tertiary/aromatic N) is 1. The van der Waals surface area contributed by atoms with Crippen molar-refractivity contribution in [2.75, 3.05) is 20.3 Å². The predicted octanol–water partition coefficient (Wildman–Crippen LogP) is 2.53. The molecule has 5 nitrogen and oxygen atoms in total. The Morgan fingerprint density at radius 1 is 1.32 bits per heavy atom. The highest BCUT2D eigenvalue weighted by atomic mass is 32.1. The highest BCUT2D eigenvalue weighted by Gasteiger charge is 2.03. The third-order valence-corrected chi connectivity index (χ3v) is 2.94. The Balaban J connectivity index is 1.87. The molecule has 0 saturated heterocycles. The van der Waals surface area contributed by atoms with E-state index in [9.17, 15) is 4.39 Å². The molecule has 0 amide bonds. The van der Waals surface area contributed by atoms with E-state index in [1.807, 2.05) is 0 Å². The third kappa shape index (κ3) is 4.94. The molecule has 0 fully saturated rings. The van der Waals surface area contributed by atoms with Crippen molar-refractivity contribution in [3.63, 3.8) is 0 Å². The number of furan rings is 1. The Kier molecular flexibility index (Phi) is 6.05. The molecule has 2 aromatic rings. The topological polar surface area (TPSA) is 58.8 Å². The molecule has 0 radical (unpaired) electrons. The van der Waals surface area contributed by atoms with E-state index in [4.69, 9.17) is 21.4 Å².